The van der Waals surface area contributed by atoms with Crippen LogP contribution in [0.3, 0.4) is 0 Å². The number of hydrogen-bond donors (Lipinski definition) is 4. The van der Waals surface area contributed by atoms with Crippen LogP contribution in [0.15, 0.2) is 6.33 Å². The summed E-state index contributed by atoms with van der Waals surface area (Å²) in [6.45, 7) is 3.82. The molecule has 10 nitrogen and oxygen atoms in total. The van der Waals surface area contributed by atoms with Gasteiger partial charge in [-0.25, -0.2) is 4.98 Å². The van der Waals surface area contributed by atoms with E-state index in [0.717, 1.165) is 32.1 Å². The first kappa shape index (κ1) is 24.5. The minimum atomic E-state index is -4.06. The van der Waals surface area contributed by atoms with E-state index >= 15 is 0 Å². The monoisotopic (exact) mass is 442 g/mol. The first-order valence-electron chi connectivity index (χ1n) is 10.7. The molecule has 0 bridgehead atoms. The molecule has 11 heteroatoms. The highest BCUT2D eigenvalue weighted by molar-refractivity contribution is 7.52. The zero-order chi connectivity index (χ0) is 22.0. The van der Waals surface area contributed by atoms with Crippen molar-refractivity contribution in [2.45, 2.75) is 76.9 Å². The van der Waals surface area contributed by atoms with Crippen molar-refractivity contribution in [3.05, 3.63) is 6.33 Å². The van der Waals surface area contributed by atoms with Gasteiger partial charge >= 0.3 is 7.60 Å². The van der Waals surface area contributed by atoms with Crippen LogP contribution >= 0.6 is 7.60 Å². The first-order valence-corrected chi connectivity index (χ1v) is 12.4. The molecule has 170 valence electrons. The Balaban J connectivity index is 1.65. The molecule has 0 aromatic carbocycles. The zero-order valence-electron chi connectivity index (χ0n) is 17.7. The summed E-state index contributed by atoms with van der Waals surface area (Å²) >= 11 is 0. The lowest BCUT2D eigenvalue weighted by molar-refractivity contribution is 0.124. The number of imidazole rings is 1. The standard InChI is InChI=1S/C19H35N6O4P/c1-2-3-4-5-6-9-15(30(26,27)28)10-7-12-29-13-8-11-25-14-22-16-17(20)23-19(21)24-18(16)25/h14-15H,2-13H2,1H3,(H2,26,27,28)(H4,20,21,23,24). The molecule has 0 aliphatic rings. The maximum absolute atomic E-state index is 11.7. The summed E-state index contributed by atoms with van der Waals surface area (Å²) in [5, 5.41) is 0. The van der Waals surface area contributed by atoms with Crippen LogP contribution in [0.25, 0.3) is 11.2 Å². The average molecular weight is 443 g/mol. The molecule has 0 spiro atoms. The fourth-order valence-corrected chi connectivity index (χ4v) is 4.51. The van der Waals surface area contributed by atoms with E-state index in [1.165, 1.54) is 6.42 Å². The van der Waals surface area contributed by atoms with Crippen molar-refractivity contribution in [3.8, 4) is 0 Å². The number of nitrogen functional groups attached to an aromatic ring is 2. The Labute approximate surface area is 177 Å². The molecule has 1 atom stereocenters. The number of hydrogen-bond acceptors (Lipinski definition) is 7. The van der Waals surface area contributed by atoms with Crippen LogP contribution in [-0.2, 0) is 15.8 Å². The third-order valence-electron chi connectivity index (χ3n) is 5.14. The minimum Gasteiger partial charge on any atom is -0.382 e. The van der Waals surface area contributed by atoms with E-state index in [-0.39, 0.29) is 11.8 Å². The third-order valence-corrected chi connectivity index (χ3v) is 6.61. The maximum Gasteiger partial charge on any atom is 0.328 e. The van der Waals surface area contributed by atoms with E-state index in [1.54, 1.807) is 6.33 Å². The smallest absolute Gasteiger partial charge is 0.328 e. The number of rotatable bonds is 15. The SMILES string of the molecule is CCCCCCCC(CCCOCCCn1cnc2c(N)nc(N)nc21)P(=O)(O)O. The molecule has 0 aliphatic carbocycles. The molecule has 0 radical (unpaired) electrons. The summed E-state index contributed by atoms with van der Waals surface area (Å²) < 4.78 is 19.2. The van der Waals surface area contributed by atoms with Gasteiger partial charge in [-0.3, -0.25) is 4.57 Å². The molecule has 2 rings (SSSR count). The number of nitrogens with zero attached hydrogens (tertiary/aromatic N) is 4. The van der Waals surface area contributed by atoms with Crippen molar-refractivity contribution >= 4 is 30.5 Å². The van der Waals surface area contributed by atoms with Crippen LogP contribution in [0.1, 0.15) is 64.7 Å². The predicted octanol–water partition coefficient (Wildman–Crippen LogP) is 3.08. The molecule has 2 aromatic rings. The van der Waals surface area contributed by atoms with Crippen LogP contribution in [0, 0.1) is 0 Å². The summed E-state index contributed by atoms with van der Waals surface area (Å²) in [6, 6.07) is 0. The van der Waals surface area contributed by atoms with Gasteiger partial charge in [-0.1, -0.05) is 39.0 Å². The van der Waals surface area contributed by atoms with Crippen LogP contribution in [0.5, 0.6) is 0 Å². The van der Waals surface area contributed by atoms with Gasteiger partial charge < -0.3 is 30.6 Å². The van der Waals surface area contributed by atoms with Gasteiger partial charge in [-0.05, 0) is 25.7 Å². The van der Waals surface area contributed by atoms with E-state index in [2.05, 4.69) is 21.9 Å². The van der Waals surface area contributed by atoms with Gasteiger partial charge in [0.15, 0.2) is 11.5 Å². The van der Waals surface area contributed by atoms with Crippen molar-refractivity contribution in [2.75, 3.05) is 24.7 Å². The number of anilines is 2. The summed E-state index contributed by atoms with van der Waals surface area (Å²) in [5.41, 5.74) is 12.0. The molecular formula is C19H35N6O4P. The van der Waals surface area contributed by atoms with E-state index in [1.807, 2.05) is 4.57 Å². The van der Waals surface area contributed by atoms with Crippen LogP contribution in [-0.4, -0.2) is 48.2 Å². The maximum atomic E-state index is 11.7. The highest BCUT2D eigenvalue weighted by atomic mass is 31.2. The molecule has 2 aromatic heterocycles. The summed E-state index contributed by atoms with van der Waals surface area (Å²) in [7, 11) is -4.06. The van der Waals surface area contributed by atoms with Gasteiger partial charge in [0.1, 0.15) is 5.52 Å². The van der Waals surface area contributed by atoms with Gasteiger partial charge in [0.05, 0.1) is 12.0 Å². The van der Waals surface area contributed by atoms with Gasteiger partial charge in [0.2, 0.25) is 5.95 Å². The van der Waals surface area contributed by atoms with Gasteiger partial charge in [0.25, 0.3) is 0 Å². The number of unbranched alkanes of at least 4 members (excludes halogenated alkanes) is 4. The number of ether oxygens (including phenoxy) is 1. The molecule has 0 fully saturated rings. The topological polar surface area (TPSA) is 162 Å². The predicted molar refractivity (Wildman–Crippen MR) is 118 cm³/mol. The van der Waals surface area contributed by atoms with Crippen molar-refractivity contribution < 1.29 is 19.1 Å². The largest absolute Gasteiger partial charge is 0.382 e. The summed E-state index contributed by atoms with van der Waals surface area (Å²) in [6.07, 6.45) is 9.47. The van der Waals surface area contributed by atoms with Crippen molar-refractivity contribution in [3.63, 3.8) is 0 Å². The second-order valence-corrected chi connectivity index (χ2v) is 9.54. The second-order valence-electron chi connectivity index (χ2n) is 7.63. The Kier molecular flexibility index (Phi) is 9.97. The van der Waals surface area contributed by atoms with E-state index in [4.69, 9.17) is 16.2 Å². The molecular weight excluding hydrogens is 407 g/mol. The lowest BCUT2D eigenvalue weighted by Gasteiger charge is -2.18. The molecule has 6 N–H and O–H groups in total. The molecule has 0 amide bonds. The van der Waals surface area contributed by atoms with Gasteiger partial charge in [-0.2, -0.15) is 9.97 Å². The molecule has 0 aliphatic heterocycles. The number of aromatic nitrogens is 4. The van der Waals surface area contributed by atoms with E-state index in [9.17, 15) is 14.4 Å². The molecule has 30 heavy (non-hydrogen) atoms. The van der Waals surface area contributed by atoms with Crippen LogP contribution in [0.4, 0.5) is 11.8 Å². The summed E-state index contributed by atoms with van der Waals surface area (Å²) in [4.78, 5) is 31.5. The Morgan fingerprint density at radius 2 is 1.77 bits per heavy atom. The fourth-order valence-electron chi connectivity index (χ4n) is 3.47. The van der Waals surface area contributed by atoms with Crippen molar-refractivity contribution in [1.29, 1.82) is 0 Å². The normalized spacial score (nSPS) is 13.2. The number of nitrogens with two attached hydrogens (primary N) is 2. The Hall–Kier alpha value is -1.74. The lowest BCUT2D eigenvalue weighted by atomic mass is 10.1. The van der Waals surface area contributed by atoms with E-state index < -0.39 is 13.3 Å². The van der Waals surface area contributed by atoms with Gasteiger partial charge in [-0.15, -0.1) is 0 Å². The van der Waals surface area contributed by atoms with Gasteiger partial charge in [0, 0.05) is 19.8 Å². The Morgan fingerprint density at radius 1 is 1.07 bits per heavy atom. The molecule has 0 saturated carbocycles. The highest BCUT2D eigenvalue weighted by Crippen LogP contribution is 2.46. The van der Waals surface area contributed by atoms with Crippen LogP contribution < -0.4 is 11.5 Å². The Bertz CT molecular complexity index is 825. The first-order chi connectivity index (χ1) is 14.3. The van der Waals surface area contributed by atoms with Crippen molar-refractivity contribution in [2.24, 2.45) is 0 Å². The minimum absolute atomic E-state index is 0.114. The third kappa shape index (κ3) is 7.83. The second kappa shape index (κ2) is 12.2. The Morgan fingerprint density at radius 3 is 2.50 bits per heavy atom. The van der Waals surface area contributed by atoms with Crippen LogP contribution in [0.2, 0.25) is 0 Å². The summed E-state index contributed by atoms with van der Waals surface area (Å²) in [5.74, 6) is 0.375. The molecule has 0 saturated heterocycles. The fraction of sp³-hybridized carbons (Fsp3) is 0.737. The highest BCUT2D eigenvalue weighted by Gasteiger charge is 2.27. The zero-order valence-corrected chi connectivity index (χ0v) is 18.6. The molecule has 2 heterocycles. The average Bonchev–Trinajstić information content (AvgIpc) is 3.07. The number of aryl methyl sites for hydroxylation is 1. The van der Waals surface area contributed by atoms with Crippen molar-refractivity contribution in [1.82, 2.24) is 19.5 Å². The molecule has 1 unspecified atom stereocenters. The van der Waals surface area contributed by atoms with E-state index in [0.29, 0.717) is 50.2 Å². The lowest BCUT2D eigenvalue weighted by Crippen LogP contribution is -2.11. The number of fused-ring (bicyclic) bond motifs is 1. The quantitative estimate of drug-likeness (QED) is 0.240.